The molecule has 0 aromatic heterocycles. The van der Waals surface area contributed by atoms with Crippen molar-refractivity contribution in [1.82, 2.24) is 4.90 Å². The highest BCUT2D eigenvalue weighted by Gasteiger charge is 2.39. The molecule has 20 heavy (non-hydrogen) atoms. The van der Waals surface area contributed by atoms with Crippen molar-refractivity contribution in [2.24, 2.45) is 0 Å². The van der Waals surface area contributed by atoms with Crippen LogP contribution in [0.5, 0.6) is 0 Å². The van der Waals surface area contributed by atoms with Gasteiger partial charge in [-0.05, 0) is 19.4 Å². The molecule has 2 nitrogen and oxygen atoms in total. The van der Waals surface area contributed by atoms with E-state index in [9.17, 15) is 18.0 Å². The number of alkyl halides is 4. The molecule has 0 saturated carbocycles. The van der Waals surface area contributed by atoms with Crippen molar-refractivity contribution >= 4 is 17.5 Å². The number of carbonyl (C=O) groups excluding carboxylic acids is 1. The van der Waals surface area contributed by atoms with Gasteiger partial charge in [-0.3, -0.25) is 4.79 Å². The van der Waals surface area contributed by atoms with E-state index in [2.05, 4.69) is 0 Å². The highest BCUT2D eigenvalue weighted by Crippen LogP contribution is 2.27. The van der Waals surface area contributed by atoms with Gasteiger partial charge in [-0.1, -0.05) is 30.3 Å². The van der Waals surface area contributed by atoms with E-state index in [0.717, 1.165) is 4.90 Å². The van der Waals surface area contributed by atoms with Gasteiger partial charge in [0, 0.05) is 12.4 Å². The van der Waals surface area contributed by atoms with E-state index in [1.54, 1.807) is 44.2 Å². The lowest BCUT2D eigenvalue weighted by atomic mass is 9.83. The number of nitrogens with zero attached hydrogens (tertiary/aromatic N) is 1. The summed E-state index contributed by atoms with van der Waals surface area (Å²) < 4.78 is 37.6. The fourth-order valence-electron chi connectivity index (χ4n) is 1.94. The number of halogens is 4. The highest BCUT2D eigenvalue weighted by atomic mass is 35.5. The molecule has 6 heteroatoms. The highest BCUT2D eigenvalue weighted by molar-refractivity contribution is 6.18. The molecule has 112 valence electrons. The van der Waals surface area contributed by atoms with Crippen molar-refractivity contribution in [1.29, 1.82) is 0 Å². The number of carbonyl (C=O) groups is 1. The smallest absolute Gasteiger partial charge is 0.332 e. The first-order valence-electron chi connectivity index (χ1n) is 6.16. The molecule has 1 aromatic rings. The Morgan fingerprint density at radius 2 is 1.75 bits per heavy atom. The van der Waals surface area contributed by atoms with E-state index in [1.807, 2.05) is 0 Å². The zero-order chi connectivity index (χ0) is 15.4. The van der Waals surface area contributed by atoms with E-state index in [0.29, 0.717) is 5.56 Å². The zero-order valence-electron chi connectivity index (χ0n) is 11.4. The summed E-state index contributed by atoms with van der Waals surface area (Å²) in [5.74, 6) is -0.617. The SMILES string of the molecule is CC(C)(C(=O)N(CCCl)CC(F)(F)F)c1ccccc1. The number of hydrogen-bond acceptors (Lipinski definition) is 1. The van der Waals surface area contributed by atoms with Crippen LogP contribution in [-0.4, -0.2) is 36.0 Å². The largest absolute Gasteiger partial charge is 0.406 e. The third-order valence-electron chi connectivity index (χ3n) is 3.04. The van der Waals surface area contributed by atoms with Crippen LogP contribution in [0.25, 0.3) is 0 Å². The molecule has 0 aliphatic rings. The standard InChI is InChI=1S/C14H17ClF3NO/c1-13(2,11-6-4-3-5-7-11)12(20)19(9-8-15)10-14(16,17)18/h3-7H,8-10H2,1-2H3. The van der Waals surface area contributed by atoms with Crippen LogP contribution in [0, 0.1) is 0 Å². The van der Waals surface area contributed by atoms with Gasteiger partial charge >= 0.3 is 6.18 Å². The third kappa shape index (κ3) is 4.40. The Morgan fingerprint density at radius 1 is 1.20 bits per heavy atom. The average molecular weight is 308 g/mol. The molecular formula is C14H17ClF3NO. The molecule has 1 amide bonds. The Morgan fingerprint density at radius 3 is 2.20 bits per heavy atom. The van der Waals surface area contributed by atoms with Gasteiger partial charge in [0.15, 0.2) is 0 Å². The van der Waals surface area contributed by atoms with Crippen LogP contribution < -0.4 is 0 Å². The molecule has 0 fully saturated rings. The van der Waals surface area contributed by atoms with Crippen LogP contribution in [0.4, 0.5) is 13.2 Å². The summed E-state index contributed by atoms with van der Waals surface area (Å²) in [6, 6.07) is 8.74. The van der Waals surface area contributed by atoms with E-state index in [4.69, 9.17) is 11.6 Å². The number of rotatable bonds is 5. The van der Waals surface area contributed by atoms with Crippen molar-refractivity contribution in [2.75, 3.05) is 19.0 Å². The van der Waals surface area contributed by atoms with Crippen molar-refractivity contribution < 1.29 is 18.0 Å². The number of hydrogen-bond donors (Lipinski definition) is 0. The van der Waals surface area contributed by atoms with Crippen LogP contribution >= 0.6 is 11.6 Å². The molecule has 1 rings (SSSR count). The van der Waals surface area contributed by atoms with Crippen LogP contribution in [0.3, 0.4) is 0 Å². The van der Waals surface area contributed by atoms with Crippen molar-refractivity contribution in [3.05, 3.63) is 35.9 Å². The first-order chi connectivity index (χ1) is 9.18. The van der Waals surface area contributed by atoms with Gasteiger partial charge < -0.3 is 4.90 Å². The van der Waals surface area contributed by atoms with E-state index in [-0.39, 0.29) is 12.4 Å². The number of amides is 1. The van der Waals surface area contributed by atoms with Gasteiger partial charge in [-0.2, -0.15) is 13.2 Å². The van der Waals surface area contributed by atoms with Crippen molar-refractivity contribution in [3.63, 3.8) is 0 Å². The Labute approximate surface area is 121 Å². The summed E-state index contributed by atoms with van der Waals surface area (Å²) in [5, 5.41) is 0. The van der Waals surface area contributed by atoms with Gasteiger partial charge in [0.1, 0.15) is 6.54 Å². The monoisotopic (exact) mass is 307 g/mol. The minimum Gasteiger partial charge on any atom is -0.332 e. The molecule has 0 radical (unpaired) electrons. The van der Waals surface area contributed by atoms with Crippen LogP contribution in [-0.2, 0) is 10.2 Å². The minimum atomic E-state index is -4.44. The average Bonchev–Trinajstić information content (AvgIpc) is 2.37. The summed E-state index contributed by atoms with van der Waals surface area (Å²) in [6.45, 7) is 1.82. The Kier molecular flexibility index (Phi) is 5.45. The summed E-state index contributed by atoms with van der Waals surface area (Å²) in [5.41, 5.74) is -0.356. The Balaban J connectivity index is 2.99. The maximum Gasteiger partial charge on any atom is 0.406 e. The van der Waals surface area contributed by atoms with Gasteiger partial charge in [0.05, 0.1) is 5.41 Å². The molecule has 0 N–H and O–H groups in total. The molecule has 0 aliphatic carbocycles. The van der Waals surface area contributed by atoms with Crippen molar-refractivity contribution in [2.45, 2.75) is 25.4 Å². The predicted molar refractivity (Wildman–Crippen MR) is 72.8 cm³/mol. The maximum atomic E-state index is 12.5. The zero-order valence-corrected chi connectivity index (χ0v) is 12.1. The summed E-state index contributed by atoms with van der Waals surface area (Å²) in [7, 11) is 0. The predicted octanol–water partition coefficient (Wildman–Crippen LogP) is 3.59. The minimum absolute atomic E-state index is 0.0350. The molecular weight excluding hydrogens is 291 g/mol. The first kappa shape index (κ1) is 16.8. The summed E-state index contributed by atoms with van der Waals surface area (Å²) in [6.07, 6.45) is -4.44. The quantitative estimate of drug-likeness (QED) is 0.761. The van der Waals surface area contributed by atoms with Gasteiger partial charge in [-0.25, -0.2) is 0 Å². The normalized spacial score (nSPS) is 12.3. The molecule has 0 saturated heterocycles. The van der Waals surface area contributed by atoms with E-state index in [1.165, 1.54) is 0 Å². The lowest BCUT2D eigenvalue weighted by Crippen LogP contribution is -2.48. The topological polar surface area (TPSA) is 20.3 Å². The van der Waals surface area contributed by atoms with Gasteiger partial charge in [-0.15, -0.1) is 11.6 Å². The van der Waals surface area contributed by atoms with Crippen molar-refractivity contribution in [3.8, 4) is 0 Å². The third-order valence-corrected chi connectivity index (χ3v) is 3.21. The Hall–Kier alpha value is -1.23. The van der Waals surface area contributed by atoms with Crippen LogP contribution in [0.1, 0.15) is 19.4 Å². The van der Waals surface area contributed by atoms with E-state index < -0.39 is 24.0 Å². The van der Waals surface area contributed by atoms with E-state index >= 15 is 0 Å². The lowest BCUT2D eigenvalue weighted by Gasteiger charge is -2.32. The van der Waals surface area contributed by atoms with Crippen LogP contribution in [0.2, 0.25) is 0 Å². The summed E-state index contributed by atoms with van der Waals surface area (Å²) >= 11 is 5.50. The van der Waals surface area contributed by atoms with Gasteiger partial charge in [0.2, 0.25) is 5.91 Å². The first-order valence-corrected chi connectivity index (χ1v) is 6.69. The molecule has 0 heterocycles. The second kappa shape index (κ2) is 6.48. The molecule has 0 unspecified atom stereocenters. The molecule has 0 aliphatic heterocycles. The molecule has 0 bridgehead atoms. The second-order valence-electron chi connectivity index (χ2n) is 5.02. The molecule has 0 atom stereocenters. The Bertz CT molecular complexity index is 445. The summed E-state index contributed by atoms with van der Waals surface area (Å²) in [4.78, 5) is 13.2. The maximum absolute atomic E-state index is 12.5. The second-order valence-corrected chi connectivity index (χ2v) is 5.40. The van der Waals surface area contributed by atoms with Crippen LogP contribution in [0.15, 0.2) is 30.3 Å². The fraction of sp³-hybridized carbons (Fsp3) is 0.500. The fourth-order valence-corrected chi connectivity index (χ4v) is 2.15. The molecule has 0 spiro atoms. The number of benzene rings is 1. The van der Waals surface area contributed by atoms with Gasteiger partial charge in [0.25, 0.3) is 0 Å². The lowest BCUT2D eigenvalue weighted by molar-refractivity contribution is -0.163. The molecule has 1 aromatic carbocycles.